The highest BCUT2D eigenvalue weighted by atomic mass is 35.5. The first-order chi connectivity index (χ1) is 14.2. The van der Waals surface area contributed by atoms with E-state index in [2.05, 4.69) is 28.2 Å². The van der Waals surface area contributed by atoms with Crippen LogP contribution in [-0.2, 0) is 17.8 Å². The molecule has 6 heteroatoms. The Kier molecular flexibility index (Phi) is 10.1. The van der Waals surface area contributed by atoms with Crippen LogP contribution in [0.25, 0.3) is 0 Å². The van der Waals surface area contributed by atoms with Crippen molar-refractivity contribution in [1.29, 1.82) is 0 Å². The largest absolute Gasteiger partial charge is 0.496 e. The molecule has 0 bridgehead atoms. The molecule has 2 atom stereocenters. The van der Waals surface area contributed by atoms with Crippen molar-refractivity contribution in [3.8, 4) is 5.75 Å². The van der Waals surface area contributed by atoms with Crippen LogP contribution in [0, 0.1) is 5.92 Å². The number of para-hydroxylation sites is 1. The number of hydrogen-bond donors (Lipinski definition) is 1. The van der Waals surface area contributed by atoms with E-state index in [0.29, 0.717) is 13.0 Å². The van der Waals surface area contributed by atoms with Gasteiger partial charge in [-0.3, -0.25) is 9.78 Å². The van der Waals surface area contributed by atoms with Crippen molar-refractivity contribution >= 4 is 18.3 Å². The van der Waals surface area contributed by atoms with Gasteiger partial charge in [0.1, 0.15) is 5.75 Å². The minimum atomic E-state index is 0. The van der Waals surface area contributed by atoms with Gasteiger partial charge in [0.25, 0.3) is 0 Å². The molecule has 1 aromatic carbocycles. The van der Waals surface area contributed by atoms with Gasteiger partial charge in [0, 0.05) is 18.7 Å². The summed E-state index contributed by atoms with van der Waals surface area (Å²) in [5.41, 5.74) is 2.11. The van der Waals surface area contributed by atoms with E-state index in [1.807, 2.05) is 36.4 Å². The zero-order chi connectivity index (χ0) is 20.5. The van der Waals surface area contributed by atoms with E-state index in [-0.39, 0.29) is 30.3 Å². The van der Waals surface area contributed by atoms with E-state index >= 15 is 0 Å². The number of benzene rings is 1. The minimum absolute atomic E-state index is 0. The molecule has 0 aliphatic carbocycles. The molecular formula is C24H34ClN3O2. The lowest BCUT2D eigenvalue weighted by molar-refractivity contribution is -0.135. The lowest BCUT2D eigenvalue weighted by atomic mass is 9.96. The fourth-order valence-corrected chi connectivity index (χ4v) is 4.13. The Morgan fingerprint density at radius 1 is 1.20 bits per heavy atom. The molecule has 3 rings (SSSR count). The van der Waals surface area contributed by atoms with Crippen molar-refractivity contribution in [3.63, 3.8) is 0 Å². The van der Waals surface area contributed by atoms with Crippen LogP contribution in [-0.4, -0.2) is 42.0 Å². The van der Waals surface area contributed by atoms with Crippen LogP contribution in [0.1, 0.15) is 43.9 Å². The molecule has 30 heavy (non-hydrogen) atoms. The summed E-state index contributed by atoms with van der Waals surface area (Å²) in [5.74, 6) is 1.37. The summed E-state index contributed by atoms with van der Waals surface area (Å²) in [7, 11) is 1.70. The van der Waals surface area contributed by atoms with E-state index in [0.717, 1.165) is 55.8 Å². The maximum atomic E-state index is 13.4. The first-order valence-corrected chi connectivity index (χ1v) is 10.7. The van der Waals surface area contributed by atoms with Crippen molar-refractivity contribution in [1.82, 2.24) is 15.2 Å². The molecule has 1 aliphatic heterocycles. The van der Waals surface area contributed by atoms with Crippen LogP contribution < -0.4 is 10.1 Å². The third kappa shape index (κ3) is 6.99. The summed E-state index contributed by atoms with van der Waals surface area (Å²) in [4.78, 5) is 19.9. The molecule has 0 saturated carbocycles. The van der Waals surface area contributed by atoms with Gasteiger partial charge in [0.15, 0.2) is 0 Å². The van der Waals surface area contributed by atoms with Crippen molar-refractivity contribution in [2.24, 2.45) is 5.92 Å². The highest BCUT2D eigenvalue weighted by molar-refractivity contribution is 5.85. The van der Waals surface area contributed by atoms with Crippen LogP contribution in [0.3, 0.4) is 0 Å². The number of ether oxygens (including phenoxy) is 1. The number of carbonyl (C=O) groups is 1. The summed E-state index contributed by atoms with van der Waals surface area (Å²) in [6.45, 7) is 4.74. The quantitative estimate of drug-likeness (QED) is 0.678. The van der Waals surface area contributed by atoms with Crippen LogP contribution >= 0.6 is 12.4 Å². The molecule has 2 heterocycles. The van der Waals surface area contributed by atoms with Gasteiger partial charge in [-0.25, -0.2) is 0 Å². The predicted molar refractivity (Wildman–Crippen MR) is 123 cm³/mol. The third-order valence-corrected chi connectivity index (χ3v) is 5.65. The standard InChI is InChI=1S/C24H33N3O2.ClH/c1-19(16-20-8-3-4-11-23(20)29-2)17-24(28)27(18-21-9-5-6-14-26-21)22-10-7-13-25-15-12-22;/h3-6,8-9,11,14,19,22,25H,7,10,12-13,15-18H2,1-2H3;1H. The molecular weight excluding hydrogens is 398 g/mol. The second-order valence-electron chi connectivity index (χ2n) is 8.00. The van der Waals surface area contributed by atoms with Crippen LogP contribution in [0.15, 0.2) is 48.7 Å². The summed E-state index contributed by atoms with van der Waals surface area (Å²) in [6.07, 6.45) is 6.32. The Hall–Kier alpha value is -2.11. The molecule has 0 spiro atoms. The Balaban J connectivity index is 0.00000320. The maximum absolute atomic E-state index is 13.4. The number of rotatable bonds is 8. The second kappa shape index (κ2) is 12.6. The molecule has 0 radical (unpaired) electrons. The van der Waals surface area contributed by atoms with Gasteiger partial charge in [0.05, 0.1) is 19.3 Å². The van der Waals surface area contributed by atoms with Crippen LogP contribution in [0.2, 0.25) is 0 Å². The van der Waals surface area contributed by atoms with Gasteiger partial charge in [-0.2, -0.15) is 0 Å². The number of amides is 1. The zero-order valence-corrected chi connectivity index (χ0v) is 18.9. The van der Waals surface area contributed by atoms with E-state index in [4.69, 9.17) is 4.74 Å². The van der Waals surface area contributed by atoms with Crippen LogP contribution in [0.5, 0.6) is 5.75 Å². The number of pyridine rings is 1. The average Bonchev–Trinajstić information content (AvgIpc) is 3.02. The van der Waals surface area contributed by atoms with E-state index in [1.165, 1.54) is 0 Å². The van der Waals surface area contributed by atoms with Gasteiger partial charge < -0.3 is 15.0 Å². The molecule has 1 aliphatic rings. The van der Waals surface area contributed by atoms with E-state index in [9.17, 15) is 4.79 Å². The highest BCUT2D eigenvalue weighted by Crippen LogP contribution is 2.24. The summed E-state index contributed by atoms with van der Waals surface area (Å²) in [5, 5.41) is 3.45. The van der Waals surface area contributed by atoms with Crippen LogP contribution in [0.4, 0.5) is 0 Å². The SMILES string of the molecule is COc1ccccc1CC(C)CC(=O)N(Cc1ccccn1)C1CCCNCC1.Cl. The number of halogens is 1. The summed E-state index contributed by atoms with van der Waals surface area (Å²) in [6, 6.07) is 14.3. The van der Waals surface area contributed by atoms with Gasteiger partial charge in [-0.15, -0.1) is 12.4 Å². The fourth-order valence-electron chi connectivity index (χ4n) is 4.13. The number of hydrogen-bond acceptors (Lipinski definition) is 4. The number of nitrogens with one attached hydrogen (secondary N) is 1. The topological polar surface area (TPSA) is 54.5 Å². The van der Waals surface area contributed by atoms with Crippen molar-refractivity contribution in [3.05, 3.63) is 59.9 Å². The lowest BCUT2D eigenvalue weighted by Crippen LogP contribution is -2.41. The highest BCUT2D eigenvalue weighted by Gasteiger charge is 2.26. The monoisotopic (exact) mass is 431 g/mol. The molecule has 1 fully saturated rings. The maximum Gasteiger partial charge on any atom is 0.223 e. The van der Waals surface area contributed by atoms with Gasteiger partial charge in [-0.05, 0) is 68.5 Å². The number of carbonyl (C=O) groups excluding carboxylic acids is 1. The molecule has 1 aromatic heterocycles. The number of aromatic nitrogens is 1. The number of nitrogens with zero attached hydrogens (tertiary/aromatic N) is 2. The average molecular weight is 432 g/mol. The van der Waals surface area contributed by atoms with Gasteiger partial charge >= 0.3 is 0 Å². The number of methoxy groups -OCH3 is 1. The van der Waals surface area contributed by atoms with Gasteiger partial charge in [-0.1, -0.05) is 31.2 Å². The van der Waals surface area contributed by atoms with Gasteiger partial charge in [0.2, 0.25) is 5.91 Å². The Bertz CT molecular complexity index is 764. The molecule has 1 saturated heterocycles. The van der Waals surface area contributed by atoms with Crippen molar-refractivity contribution in [2.45, 2.75) is 51.6 Å². The van der Waals surface area contributed by atoms with E-state index in [1.54, 1.807) is 13.3 Å². The molecule has 1 amide bonds. The first-order valence-electron chi connectivity index (χ1n) is 10.7. The van der Waals surface area contributed by atoms with E-state index < -0.39 is 0 Å². The Morgan fingerprint density at radius 3 is 2.77 bits per heavy atom. The predicted octanol–water partition coefficient (Wildman–Crippen LogP) is 4.25. The molecule has 5 nitrogen and oxygen atoms in total. The molecule has 164 valence electrons. The molecule has 1 N–H and O–H groups in total. The third-order valence-electron chi connectivity index (χ3n) is 5.65. The summed E-state index contributed by atoms with van der Waals surface area (Å²) >= 11 is 0. The van der Waals surface area contributed by atoms with Crippen molar-refractivity contribution in [2.75, 3.05) is 20.2 Å². The molecule has 2 unspecified atom stereocenters. The molecule has 2 aromatic rings. The summed E-state index contributed by atoms with van der Waals surface area (Å²) < 4.78 is 5.48. The fraction of sp³-hybridized carbons (Fsp3) is 0.500. The second-order valence-corrected chi connectivity index (χ2v) is 8.00. The van der Waals surface area contributed by atoms with Crippen molar-refractivity contribution < 1.29 is 9.53 Å². The Labute approximate surface area is 186 Å². The smallest absolute Gasteiger partial charge is 0.223 e. The Morgan fingerprint density at radius 2 is 2.00 bits per heavy atom. The minimum Gasteiger partial charge on any atom is -0.496 e. The zero-order valence-electron chi connectivity index (χ0n) is 18.0. The lowest BCUT2D eigenvalue weighted by Gasteiger charge is -2.32. The first kappa shape index (κ1) is 24.2. The normalized spacial score (nSPS) is 17.3.